The standard InChI is InChI=1S/C27H24F3N3O3/c1-4-32(25(34)18-10-9-11-19(16-18)27(28,29)30)17(2)24-31-21-13-6-5-12-20(21)26(35)33(24)22-14-7-8-15-23(22)36-3/h5-17H,4H2,1-3H3. The molecule has 3 aromatic carbocycles. The first-order valence-corrected chi connectivity index (χ1v) is 11.3. The molecule has 0 saturated carbocycles. The molecule has 1 amide bonds. The molecular formula is C27H24F3N3O3. The largest absolute Gasteiger partial charge is 0.495 e. The van der Waals surface area contributed by atoms with Gasteiger partial charge in [0, 0.05) is 12.1 Å². The first kappa shape index (κ1) is 25.0. The Morgan fingerprint density at radius 2 is 1.75 bits per heavy atom. The van der Waals surface area contributed by atoms with Crippen molar-refractivity contribution in [2.45, 2.75) is 26.1 Å². The number of para-hydroxylation sites is 3. The number of carbonyl (C=O) groups excluding carboxylic acids is 1. The van der Waals surface area contributed by atoms with E-state index in [1.54, 1.807) is 62.4 Å². The lowest BCUT2D eigenvalue weighted by Gasteiger charge is -2.30. The van der Waals surface area contributed by atoms with Crippen LogP contribution in [0.5, 0.6) is 5.75 Å². The molecule has 1 aromatic heterocycles. The molecule has 36 heavy (non-hydrogen) atoms. The van der Waals surface area contributed by atoms with Gasteiger partial charge in [0.15, 0.2) is 0 Å². The van der Waals surface area contributed by atoms with Gasteiger partial charge >= 0.3 is 6.18 Å². The SMILES string of the molecule is CCN(C(=O)c1cccc(C(F)(F)F)c1)C(C)c1nc2ccccc2c(=O)n1-c1ccccc1OC. The van der Waals surface area contributed by atoms with Crippen molar-refractivity contribution in [3.63, 3.8) is 0 Å². The minimum atomic E-state index is -4.58. The molecule has 1 unspecified atom stereocenters. The van der Waals surface area contributed by atoms with Crippen LogP contribution in [-0.4, -0.2) is 34.0 Å². The van der Waals surface area contributed by atoms with Gasteiger partial charge in [0.1, 0.15) is 11.6 Å². The molecule has 186 valence electrons. The first-order valence-electron chi connectivity index (χ1n) is 11.3. The number of fused-ring (bicyclic) bond motifs is 1. The normalized spacial score (nSPS) is 12.4. The van der Waals surface area contributed by atoms with Crippen molar-refractivity contribution in [2.75, 3.05) is 13.7 Å². The van der Waals surface area contributed by atoms with Crippen molar-refractivity contribution in [1.29, 1.82) is 0 Å². The highest BCUT2D eigenvalue weighted by atomic mass is 19.4. The predicted molar refractivity (Wildman–Crippen MR) is 130 cm³/mol. The molecule has 0 radical (unpaired) electrons. The van der Waals surface area contributed by atoms with Crippen LogP contribution in [0.4, 0.5) is 13.2 Å². The molecular weight excluding hydrogens is 471 g/mol. The summed E-state index contributed by atoms with van der Waals surface area (Å²) in [7, 11) is 1.48. The van der Waals surface area contributed by atoms with Crippen LogP contribution in [0.1, 0.15) is 41.6 Å². The number of halogens is 3. The Hall–Kier alpha value is -4.14. The van der Waals surface area contributed by atoms with Crippen LogP contribution in [0.3, 0.4) is 0 Å². The average molecular weight is 496 g/mol. The van der Waals surface area contributed by atoms with Gasteiger partial charge < -0.3 is 9.64 Å². The molecule has 4 rings (SSSR count). The van der Waals surface area contributed by atoms with Gasteiger partial charge in [-0.25, -0.2) is 4.98 Å². The van der Waals surface area contributed by atoms with Gasteiger partial charge in [-0.05, 0) is 56.3 Å². The average Bonchev–Trinajstić information content (AvgIpc) is 2.88. The lowest BCUT2D eigenvalue weighted by molar-refractivity contribution is -0.137. The Morgan fingerprint density at radius 3 is 2.44 bits per heavy atom. The number of alkyl halides is 3. The van der Waals surface area contributed by atoms with E-state index in [4.69, 9.17) is 9.72 Å². The lowest BCUT2D eigenvalue weighted by Crippen LogP contribution is -2.37. The molecule has 0 aliphatic rings. The van der Waals surface area contributed by atoms with E-state index in [9.17, 15) is 22.8 Å². The highest BCUT2D eigenvalue weighted by Gasteiger charge is 2.32. The number of aromatic nitrogens is 2. The number of benzene rings is 3. The molecule has 6 nitrogen and oxygen atoms in total. The van der Waals surface area contributed by atoms with Gasteiger partial charge in [0.2, 0.25) is 0 Å². The second-order valence-corrected chi connectivity index (χ2v) is 8.15. The summed E-state index contributed by atoms with van der Waals surface area (Å²) in [5, 5.41) is 0.381. The smallest absolute Gasteiger partial charge is 0.416 e. The second-order valence-electron chi connectivity index (χ2n) is 8.15. The monoisotopic (exact) mass is 495 g/mol. The minimum absolute atomic E-state index is 0.106. The number of hydrogen-bond acceptors (Lipinski definition) is 4. The van der Waals surface area contributed by atoms with Gasteiger partial charge in [-0.2, -0.15) is 13.2 Å². The third-order valence-corrected chi connectivity index (χ3v) is 6.01. The van der Waals surface area contributed by atoms with Crippen LogP contribution in [0.2, 0.25) is 0 Å². The summed E-state index contributed by atoms with van der Waals surface area (Å²) < 4.78 is 46.6. The van der Waals surface area contributed by atoms with E-state index >= 15 is 0 Å². The molecule has 0 N–H and O–H groups in total. The summed E-state index contributed by atoms with van der Waals surface area (Å²) in [5.74, 6) is 0.0767. The quantitative estimate of drug-likeness (QED) is 0.348. The Balaban J connectivity index is 1.89. The molecule has 0 saturated heterocycles. The van der Waals surface area contributed by atoms with Crippen LogP contribution >= 0.6 is 0 Å². The van der Waals surface area contributed by atoms with Gasteiger partial charge in [-0.15, -0.1) is 0 Å². The van der Waals surface area contributed by atoms with Crippen molar-refractivity contribution in [1.82, 2.24) is 14.5 Å². The summed E-state index contributed by atoms with van der Waals surface area (Å²) in [6, 6.07) is 17.3. The van der Waals surface area contributed by atoms with E-state index in [-0.39, 0.29) is 23.5 Å². The van der Waals surface area contributed by atoms with Gasteiger partial charge in [0.25, 0.3) is 11.5 Å². The first-order chi connectivity index (χ1) is 17.2. The fourth-order valence-corrected chi connectivity index (χ4v) is 4.20. The number of carbonyl (C=O) groups is 1. The molecule has 9 heteroatoms. The van der Waals surface area contributed by atoms with Crippen molar-refractivity contribution in [2.24, 2.45) is 0 Å². The topological polar surface area (TPSA) is 64.4 Å². The van der Waals surface area contributed by atoms with Crippen LogP contribution in [0, 0.1) is 0 Å². The fourth-order valence-electron chi connectivity index (χ4n) is 4.20. The zero-order chi connectivity index (χ0) is 26.0. The molecule has 0 aliphatic heterocycles. The number of nitrogens with zero attached hydrogens (tertiary/aromatic N) is 3. The fraction of sp³-hybridized carbons (Fsp3) is 0.222. The summed E-state index contributed by atoms with van der Waals surface area (Å²) >= 11 is 0. The summed E-state index contributed by atoms with van der Waals surface area (Å²) in [6.07, 6.45) is -4.58. The number of rotatable bonds is 6. The molecule has 0 spiro atoms. The zero-order valence-electron chi connectivity index (χ0n) is 19.9. The Labute approximate surface area is 205 Å². The highest BCUT2D eigenvalue weighted by molar-refractivity contribution is 5.94. The van der Waals surface area contributed by atoms with Crippen molar-refractivity contribution in [3.8, 4) is 11.4 Å². The maximum atomic E-state index is 13.7. The van der Waals surface area contributed by atoms with Crippen LogP contribution in [0.15, 0.2) is 77.6 Å². The maximum Gasteiger partial charge on any atom is 0.416 e. The number of ether oxygens (including phenoxy) is 1. The molecule has 4 aromatic rings. The Kier molecular flexibility index (Phi) is 6.83. The molecule has 1 heterocycles. The highest BCUT2D eigenvalue weighted by Crippen LogP contribution is 2.31. The van der Waals surface area contributed by atoms with E-state index in [1.165, 1.54) is 28.7 Å². The van der Waals surface area contributed by atoms with Crippen molar-refractivity contribution >= 4 is 16.8 Å². The predicted octanol–water partition coefficient (Wildman–Crippen LogP) is 5.64. The third kappa shape index (κ3) is 4.56. The Bertz CT molecular complexity index is 1480. The molecule has 0 fully saturated rings. The summed E-state index contributed by atoms with van der Waals surface area (Å²) in [5.41, 5.74) is -0.488. The number of hydrogen-bond donors (Lipinski definition) is 0. The van der Waals surface area contributed by atoms with Gasteiger partial charge in [0.05, 0.1) is 35.3 Å². The number of methoxy groups -OCH3 is 1. The number of amides is 1. The van der Waals surface area contributed by atoms with Crippen LogP contribution in [-0.2, 0) is 6.18 Å². The van der Waals surface area contributed by atoms with E-state index in [0.717, 1.165) is 12.1 Å². The molecule has 0 bridgehead atoms. The summed E-state index contributed by atoms with van der Waals surface area (Å²) in [6.45, 7) is 3.58. The van der Waals surface area contributed by atoms with E-state index < -0.39 is 23.7 Å². The van der Waals surface area contributed by atoms with E-state index in [0.29, 0.717) is 22.3 Å². The van der Waals surface area contributed by atoms with E-state index in [1.807, 2.05) is 0 Å². The molecule has 1 atom stereocenters. The van der Waals surface area contributed by atoms with Crippen molar-refractivity contribution < 1.29 is 22.7 Å². The van der Waals surface area contributed by atoms with Crippen LogP contribution < -0.4 is 10.3 Å². The third-order valence-electron chi connectivity index (χ3n) is 6.01. The van der Waals surface area contributed by atoms with Crippen molar-refractivity contribution in [3.05, 3.63) is 100 Å². The lowest BCUT2D eigenvalue weighted by atomic mass is 10.1. The van der Waals surface area contributed by atoms with Gasteiger partial charge in [-0.1, -0.05) is 30.3 Å². The Morgan fingerprint density at radius 1 is 1.06 bits per heavy atom. The van der Waals surface area contributed by atoms with E-state index in [2.05, 4.69) is 0 Å². The van der Waals surface area contributed by atoms with Crippen LogP contribution in [0.25, 0.3) is 16.6 Å². The van der Waals surface area contributed by atoms with Gasteiger partial charge in [-0.3, -0.25) is 14.2 Å². The minimum Gasteiger partial charge on any atom is -0.495 e. The summed E-state index contributed by atoms with van der Waals surface area (Å²) in [4.78, 5) is 33.2. The molecule has 0 aliphatic carbocycles. The zero-order valence-corrected chi connectivity index (χ0v) is 19.9. The second kappa shape index (κ2) is 9.85. The maximum absolute atomic E-state index is 13.7.